The van der Waals surface area contributed by atoms with E-state index in [9.17, 15) is 0 Å². The molecule has 28 heavy (non-hydrogen) atoms. The van der Waals surface area contributed by atoms with E-state index in [4.69, 9.17) is 52.1 Å². The monoisotopic (exact) mass is 532 g/mol. The topological polar surface area (TPSA) is 27.7 Å². The molecule has 3 rings (SSSR count). The molecular weight excluding hydrogens is 511 g/mol. The van der Waals surface area contributed by atoms with Gasteiger partial charge in [-0.15, -0.1) is 0 Å². The van der Waals surface area contributed by atoms with Gasteiger partial charge in [0.25, 0.3) is 0 Å². The quantitative estimate of drug-likeness (QED) is 0.464. The number of hydrogen-bond donors (Lipinski definition) is 0. The van der Waals surface area contributed by atoms with Crippen LogP contribution >= 0.6 is 0 Å². The molecule has 0 aliphatic carbocycles. The van der Waals surface area contributed by atoms with Crippen LogP contribution in [0, 0.1) is 0 Å². The molecule has 0 aromatic heterocycles. The molecule has 0 amide bonds. The van der Waals surface area contributed by atoms with E-state index in [0.717, 1.165) is 31.9 Å². The molecule has 0 aliphatic heterocycles. The van der Waals surface area contributed by atoms with Crippen LogP contribution < -0.4 is 14.2 Å². The number of hydrogen-bond acceptors (Lipinski definition) is 6. The third kappa shape index (κ3) is 11.4. The molecule has 0 fully saturated rings. The van der Waals surface area contributed by atoms with E-state index >= 15 is 0 Å². The second-order valence-corrected chi connectivity index (χ2v) is 6.44. The fraction of sp³-hybridized carbons (Fsp3) is 0.143. The average molecular weight is 532 g/mol. The number of rotatable bonds is 3. The van der Waals surface area contributed by atoms with Crippen LogP contribution in [0.15, 0.2) is 87.5 Å². The third-order valence-corrected chi connectivity index (χ3v) is 3.99. The van der Waals surface area contributed by atoms with Crippen LogP contribution in [0.4, 0.5) is 0 Å². The van der Waals surface area contributed by atoms with Crippen molar-refractivity contribution in [2.75, 3.05) is 21.3 Å². The molecule has 0 saturated heterocycles. The maximum atomic E-state index is 4.92. The number of benzene rings is 3. The normalized spacial score (nSPS) is 8.68. The Morgan fingerprint density at radius 2 is 0.607 bits per heavy atom. The minimum atomic E-state index is 0. The van der Waals surface area contributed by atoms with Gasteiger partial charge in [0.15, 0.2) is 0 Å². The van der Waals surface area contributed by atoms with E-state index in [1.165, 1.54) is 0 Å². The van der Waals surface area contributed by atoms with E-state index in [1.807, 2.05) is 72.8 Å². The molecule has 0 N–H and O–H groups in total. The Bertz CT molecular complexity index is 656. The molecule has 0 spiro atoms. The first-order valence-electron chi connectivity index (χ1n) is 7.91. The SMILES string of the molecule is COc1ccc([S-])cc1.COc1ccc([S-])cc1.COc1ccc([S-])cc1.[In+3]. The summed E-state index contributed by atoms with van der Waals surface area (Å²) in [7, 11) is 4.91. The summed E-state index contributed by atoms with van der Waals surface area (Å²) >= 11 is 14.6. The van der Waals surface area contributed by atoms with Gasteiger partial charge in [-0.05, 0) is 36.4 Å². The van der Waals surface area contributed by atoms with Crippen LogP contribution in [0.3, 0.4) is 0 Å². The first kappa shape index (κ1) is 26.6. The van der Waals surface area contributed by atoms with Gasteiger partial charge in [0.2, 0.25) is 0 Å². The van der Waals surface area contributed by atoms with Crippen molar-refractivity contribution in [2.45, 2.75) is 14.7 Å². The second kappa shape index (κ2) is 15.5. The smallest absolute Gasteiger partial charge is 0.780 e. The fourth-order valence-electron chi connectivity index (χ4n) is 1.73. The van der Waals surface area contributed by atoms with E-state index < -0.39 is 0 Å². The Morgan fingerprint density at radius 1 is 0.429 bits per heavy atom. The van der Waals surface area contributed by atoms with Crippen molar-refractivity contribution in [1.29, 1.82) is 0 Å². The first-order valence-corrected chi connectivity index (χ1v) is 9.14. The predicted molar refractivity (Wildman–Crippen MR) is 122 cm³/mol. The van der Waals surface area contributed by atoms with E-state index in [2.05, 4.69) is 0 Å². The molecule has 0 aliphatic rings. The summed E-state index contributed by atoms with van der Waals surface area (Å²) in [5, 5.41) is 0. The van der Waals surface area contributed by atoms with Crippen molar-refractivity contribution in [3.8, 4) is 17.2 Å². The van der Waals surface area contributed by atoms with E-state index in [0.29, 0.717) is 0 Å². The van der Waals surface area contributed by atoms with Crippen LogP contribution in [0.1, 0.15) is 0 Å². The molecule has 0 atom stereocenters. The van der Waals surface area contributed by atoms with Crippen molar-refractivity contribution >= 4 is 63.7 Å². The Hall–Kier alpha value is -1.41. The zero-order valence-electron chi connectivity index (χ0n) is 16.0. The summed E-state index contributed by atoms with van der Waals surface area (Å²) in [5.41, 5.74) is 0. The van der Waals surface area contributed by atoms with Gasteiger partial charge >= 0.3 is 25.8 Å². The summed E-state index contributed by atoms with van der Waals surface area (Å²) in [6.45, 7) is 0. The first-order chi connectivity index (χ1) is 13.0. The van der Waals surface area contributed by atoms with Crippen molar-refractivity contribution in [3.63, 3.8) is 0 Å². The van der Waals surface area contributed by atoms with Crippen molar-refractivity contribution in [3.05, 3.63) is 72.8 Å². The van der Waals surface area contributed by atoms with Gasteiger partial charge in [-0.3, -0.25) is 0 Å². The molecule has 0 heterocycles. The zero-order chi connectivity index (χ0) is 20.1. The van der Waals surface area contributed by atoms with Crippen LogP contribution in [0.25, 0.3) is 0 Å². The van der Waals surface area contributed by atoms with Gasteiger partial charge in [0.1, 0.15) is 17.2 Å². The molecule has 7 heteroatoms. The van der Waals surface area contributed by atoms with Gasteiger partial charge in [-0.25, -0.2) is 0 Å². The van der Waals surface area contributed by atoms with Crippen LogP contribution in [-0.4, -0.2) is 47.2 Å². The molecule has 144 valence electrons. The zero-order valence-corrected chi connectivity index (χ0v) is 21.7. The number of ether oxygens (including phenoxy) is 3. The largest absolute Gasteiger partial charge is 3.00 e. The minimum absolute atomic E-state index is 0. The molecule has 0 unspecified atom stereocenters. The molecule has 0 saturated carbocycles. The molecule has 3 aromatic carbocycles. The molecular formula is C21H21InO3S3. The van der Waals surface area contributed by atoms with Crippen LogP contribution in [-0.2, 0) is 37.9 Å². The standard InChI is InChI=1S/3C7H8OS.In/c3*1-8-6-2-4-7(9)5-3-6;/h3*2-5,9H,1H3;/q;;;+3/p-3. The molecule has 3 aromatic rings. The summed E-state index contributed by atoms with van der Waals surface area (Å²) in [5.74, 6) is 2.55. The Morgan fingerprint density at radius 3 is 0.750 bits per heavy atom. The van der Waals surface area contributed by atoms with Gasteiger partial charge in [-0.1, -0.05) is 36.4 Å². The van der Waals surface area contributed by atoms with Gasteiger partial charge < -0.3 is 52.1 Å². The molecule has 0 bridgehead atoms. The fourth-order valence-corrected chi connectivity index (χ4v) is 2.14. The second-order valence-electron chi connectivity index (χ2n) is 5.03. The maximum Gasteiger partial charge on any atom is 3.00 e. The molecule has 3 nitrogen and oxygen atoms in total. The summed E-state index contributed by atoms with van der Waals surface area (Å²) in [4.78, 5) is 2.53. The summed E-state index contributed by atoms with van der Waals surface area (Å²) in [6.07, 6.45) is 0. The van der Waals surface area contributed by atoms with Crippen molar-refractivity contribution < 1.29 is 14.2 Å². The Labute approximate surface area is 202 Å². The van der Waals surface area contributed by atoms with Crippen molar-refractivity contribution in [1.82, 2.24) is 0 Å². The summed E-state index contributed by atoms with van der Waals surface area (Å²) in [6, 6.07) is 22.1. The van der Waals surface area contributed by atoms with Gasteiger partial charge in [0, 0.05) is 0 Å². The van der Waals surface area contributed by atoms with Crippen LogP contribution in [0.5, 0.6) is 17.2 Å². The Kier molecular flexibility index (Phi) is 14.7. The predicted octanol–water partition coefficient (Wildman–Crippen LogP) is 4.42. The van der Waals surface area contributed by atoms with Crippen molar-refractivity contribution in [2.24, 2.45) is 0 Å². The maximum absolute atomic E-state index is 4.92. The average Bonchev–Trinajstić information content (AvgIpc) is 2.71. The van der Waals surface area contributed by atoms with E-state index in [1.54, 1.807) is 21.3 Å². The number of methoxy groups -OCH3 is 3. The van der Waals surface area contributed by atoms with Crippen LogP contribution in [0.2, 0.25) is 0 Å². The third-order valence-electron chi connectivity index (χ3n) is 3.18. The summed E-state index contributed by atoms with van der Waals surface area (Å²) < 4.78 is 14.8. The molecule has 0 radical (unpaired) electrons. The Balaban J connectivity index is 0.000000384. The minimum Gasteiger partial charge on any atom is -0.780 e. The van der Waals surface area contributed by atoms with Gasteiger partial charge in [-0.2, -0.15) is 14.7 Å². The van der Waals surface area contributed by atoms with Gasteiger partial charge in [0.05, 0.1) is 21.3 Å². The van der Waals surface area contributed by atoms with E-state index in [-0.39, 0.29) is 25.8 Å².